The van der Waals surface area contributed by atoms with E-state index in [0.29, 0.717) is 5.57 Å². The van der Waals surface area contributed by atoms with Crippen molar-refractivity contribution in [3.8, 4) is 0 Å². The van der Waals surface area contributed by atoms with Gasteiger partial charge in [-0.25, -0.2) is 4.79 Å². The minimum absolute atomic E-state index is 0.440. The maximum absolute atomic E-state index is 10.6. The second-order valence-electron chi connectivity index (χ2n) is 6.06. The van der Waals surface area contributed by atoms with E-state index in [1.807, 2.05) is 0 Å². The van der Waals surface area contributed by atoms with Crippen LogP contribution in [0.2, 0.25) is 38.8 Å². The lowest BCUT2D eigenvalue weighted by Crippen LogP contribution is -2.42. The number of rotatable bonds is 7. The summed E-state index contributed by atoms with van der Waals surface area (Å²) in [6, 6.07) is 1.10. The highest BCUT2D eigenvalue weighted by atomic mass is 28.4. The van der Waals surface area contributed by atoms with E-state index in [2.05, 4.69) is 32.7 Å². The first-order valence-electron chi connectivity index (χ1n) is 6.14. The van der Waals surface area contributed by atoms with E-state index >= 15 is 0 Å². The number of aliphatic carboxylic acids is 1. The second kappa shape index (κ2) is 6.51. The second-order valence-corrected chi connectivity index (χ2v) is 15.1. The predicted molar refractivity (Wildman–Crippen MR) is 77.3 cm³/mol. The molecule has 0 atom stereocenters. The number of hydrogen-bond donors (Lipinski definition) is 1. The van der Waals surface area contributed by atoms with Crippen LogP contribution in [-0.4, -0.2) is 27.7 Å². The Morgan fingerprint density at radius 3 is 2.18 bits per heavy atom. The average molecular weight is 275 g/mol. The molecule has 0 radical (unpaired) electrons. The number of carboxylic acids is 1. The van der Waals surface area contributed by atoms with E-state index in [1.165, 1.54) is 0 Å². The summed E-state index contributed by atoms with van der Waals surface area (Å²) in [6.07, 6.45) is 3.67. The van der Waals surface area contributed by atoms with Crippen LogP contribution in [0.4, 0.5) is 0 Å². The zero-order chi connectivity index (χ0) is 13.7. The minimum atomic E-state index is -1.55. The summed E-state index contributed by atoms with van der Waals surface area (Å²) in [5, 5.41) is 8.72. The summed E-state index contributed by atoms with van der Waals surface area (Å²) in [4.78, 5) is 10.6. The molecule has 5 heteroatoms. The van der Waals surface area contributed by atoms with Crippen molar-refractivity contribution in [2.45, 2.75) is 58.5 Å². The fraction of sp³-hybridized carbons (Fsp3) is 0.750. The van der Waals surface area contributed by atoms with Crippen molar-refractivity contribution in [3.05, 3.63) is 11.6 Å². The highest BCUT2D eigenvalue weighted by Gasteiger charge is 2.28. The molecule has 0 fully saturated rings. The molecule has 0 amide bonds. The van der Waals surface area contributed by atoms with Gasteiger partial charge in [-0.1, -0.05) is 12.5 Å². The monoisotopic (exact) mass is 274 g/mol. The van der Waals surface area contributed by atoms with Crippen LogP contribution in [0, 0.1) is 0 Å². The summed E-state index contributed by atoms with van der Waals surface area (Å²) in [5.41, 5.74) is 0.440. The molecule has 0 aromatic carbocycles. The fourth-order valence-electron chi connectivity index (χ4n) is 1.81. The molecule has 0 saturated heterocycles. The summed E-state index contributed by atoms with van der Waals surface area (Å²) in [5.74, 6) is -0.820. The molecule has 0 unspecified atom stereocenters. The van der Waals surface area contributed by atoms with Gasteiger partial charge in [0.25, 0.3) is 0 Å². The molecule has 0 bridgehead atoms. The largest absolute Gasteiger partial charge is 0.478 e. The van der Waals surface area contributed by atoms with Crippen LogP contribution in [0.15, 0.2) is 11.6 Å². The maximum Gasteiger partial charge on any atom is 0.330 e. The van der Waals surface area contributed by atoms with Gasteiger partial charge < -0.3 is 9.22 Å². The Morgan fingerprint density at radius 2 is 1.76 bits per heavy atom. The van der Waals surface area contributed by atoms with E-state index < -0.39 is 22.6 Å². The smallest absolute Gasteiger partial charge is 0.330 e. The first kappa shape index (κ1) is 16.6. The number of carbonyl (C=O) groups is 1. The fourth-order valence-corrected chi connectivity index (χ4v) is 9.91. The third kappa shape index (κ3) is 9.32. The summed E-state index contributed by atoms with van der Waals surface area (Å²) in [7, 11) is -2.99. The van der Waals surface area contributed by atoms with E-state index in [4.69, 9.17) is 9.22 Å². The minimum Gasteiger partial charge on any atom is -0.478 e. The molecular weight excluding hydrogens is 248 g/mol. The highest BCUT2D eigenvalue weighted by Crippen LogP contribution is 2.20. The number of carboxylic acid groups (broad SMARTS) is 1. The van der Waals surface area contributed by atoms with Crippen LogP contribution in [0.3, 0.4) is 0 Å². The Labute approximate surface area is 107 Å². The van der Waals surface area contributed by atoms with Crippen molar-refractivity contribution in [1.82, 2.24) is 0 Å². The first-order valence-corrected chi connectivity index (χ1v) is 12.7. The van der Waals surface area contributed by atoms with Crippen molar-refractivity contribution in [1.29, 1.82) is 0 Å². The Bertz CT molecular complexity index is 291. The lowest BCUT2D eigenvalue weighted by Gasteiger charge is -2.31. The van der Waals surface area contributed by atoms with Crippen LogP contribution < -0.4 is 0 Å². The number of hydrogen-bond acceptors (Lipinski definition) is 2. The molecule has 0 aromatic heterocycles. The van der Waals surface area contributed by atoms with Gasteiger partial charge in [0, 0.05) is 5.57 Å². The summed E-state index contributed by atoms with van der Waals surface area (Å²) >= 11 is 0. The van der Waals surface area contributed by atoms with Crippen molar-refractivity contribution < 1.29 is 14.0 Å². The lowest BCUT2D eigenvalue weighted by atomic mass is 10.2. The Hall–Kier alpha value is -0.396. The van der Waals surface area contributed by atoms with Gasteiger partial charge in [0.15, 0.2) is 16.6 Å². The molecule has 0 heterocycles. The Kier molecular flexibility index (Phi) is 6.36. The van der Waals surface area contributed by atoms with Crippen molar-refractivity contribution in [3.63, 3.8) is 0 Å². The Morgan fingerprint density at radius 1 is 1.24 bits per heavy atom. The Balaban J connectivity index is 4.04. The molecule has 0 aromatic rings. The van der Waals surface area contributed by atoms with Gasteiger partial charge in [-0.05, 0) is 52.1 Å². The van der Waals surface area contributed by atoms with Crippen molar-refractivity contribution in [2.75, 3.05) is 0 Å². The lowest BCUT2D eigenvalue weighted by molar-refractivity contribution is -0.132. The van der Waals surface area contributed by atoms with Gasteiger partial charge in [-0.2, -0.15) is 0 Å². The third-order valence-corrected chi connectivity index (χ3v) is 8.57. The summed E-state index contributed by atoms with van der Waals surface area (Å²) < 4.78 is 6.22. The van der Waals surface area contributed by atoms with E-state index in [1.54, 1.807) is 13.0 Å². The van der Waals surface area contributed by atoms with Gasteiger partial charge >= 0.3 is 5.97 Å². The topological polar surface area (TPSA) is 46.5 Å². The quantitative estimate of drug-likeness (QED) is 0.436. The van der Waals surface area contributed by atoms with Crippen molar-refractivity contribution >= 4 is 22.6 Å². The van der Waals surface area contributed by atoms with Gasteiger partial charge in [0.2, 0.25) is 0 Å². The molecule has 3 nitrogen and oxygen atoms in total. The number of allylic oxidation sites excluding steroid dienone is 1. The molecule has 0 rings (SSSR count). The molecule has 0 aliphatic carbocycles. The molecule has 0 aliphatic rings. The normalized spacial score (nSPS) is 13.9. The summed E-state index contributed by atoms with van der Waals surface area (Å²) in [6.45, 7) is 12.8. The number of unbranched alkanes of at least 4 members (excludes halogenated alkanes) is 1. The average Bonchev–Trinajstić information content (AvgIpc) is 2.07. The predicted octanol–water partition coefficient (Wildman–Crippen LogP) is 3.85. The molecule has 1 N–H and O–H groups in total. The van der Waals surface area contributed by atoms with Gasteiger partial charge in [0.1, 0.15) is 0 Å². The zero-order valence-corrected chi connectivity index (χ0v) is 14.0. The third-order valence-electron chi connectivity index (χ3n) is 2.35. The molecule has 0 aliphatic heterocycles. The van der Waals surface area contributed by atoms with Crippen LogP contribution in [0.25, 0.3) is 0 Å². The van der Waals surface area contributed by atoms with Gasteiger partial charge in [-0.15, -0.1) is 0 Å². The molecule has 0 spiro atoms. The zero-order valence-electron chi connectivity index (χ0n) is 12.0. The highest BCUT2D eigenvalue weighted by molar-refractivity contribution is 6.84. The SMILES string of the molecule is CC(=CCCC[Si](C)(C)O[Si](C)(C)C)C(=O)O. The first-order chi connectivity index (χ1) is 7.53. The van der Waals surface area contributed by atoms with Crippen LogP contribution in [-0.2, 0) is 8.91 Å². The molecule has 100 valence electrons. The molecule has 17 heavy (non-hydrogen) atoms. The van der Waals surface area contributed by atoms with E-state index in [-0.39, 0.29) is 0 Å². The van der Waals surface area contributed by atoms with Crippen LogP contribution >= 0.6 is 0 Å². The van der Waals surface area contributed by atoms with Gasteiger partial charge in [-0.3, -0.25) is 0 Å². The molecule has 0 saturated carbocycles. The van der Waals surface area contributed by atoms with E-state index in [0.717, 1.165) is 18.9 Å². The van der Waals surface area contributed by atoms with E-state index in [9.17, 15) is 4.79 Å². The van der Waals surface area contributed by atoms with Crippen LogP contribution in [0.1, 0.15) is 19.8 Å². The van der Waals surface area contributed by atoms with Crippen molar-refractivity contribution in [2.24, 2.45) is 0 Å². The van der Waals surface area contributed by atoms with Crippen LogP contribution in [0.5, 0.6) is 0 Å². The molecular formula is C12H26O3Si2. The van der Waals surface area contributed by atoms with Gasteiger partial charge in [0.05, 0.1) is 0 Å². The standard InChI is InChI=1S/C12H26O3Si2/c1-11(12(13)14)9-7-8-10-17(5,6)15-16(2,3)4/h9H,7-8,10H2,1-6H3,(H,13,14). The maximum atomic E-state index is 10.6.